The summed E-state index contributed by atoms with van der Waals surface area (Å²) in [5.74, 6) is 0. The molecule has 0 radical (unpaired) electrons. The van der Waals surface area contributed by atoms with Crippen molar-refractivity contribution in [1.82, 2.24) is 0 Å². The Morgan fingerprint density at radius 3 is 2.35 bits per heavy atom. The van der Waals surface area contributed by atoms with Gasteiger partial charge in [-0.05, 0) is 34.5 Å². The van der Waals surface area contributed by atoms with Gasteiger partial charge in [0.2, 0.25) is 0 Å². The molecule has 3 heteroatoms. The van der Waals surface area contributed by atoms with E-state index in [4.69, 9.17) is 11.6 Å². The van der Waals surface area contributed by atoms with Crippen LogP contribution in [0.4, 0.5) is 0 Å². The fraction of sp³-hybridized carbons (Fsp3) is 0.714. The first-order valence-corrected chi connectivity index (χ1v) is 8.68. The highest BCUT2D eigenvalue weighted by Crippen LogP contribution is 2.34. The summed E-state index contributed by atoms with van der Waals surface area (Å²) >= 11 is 11.6. The summed E-state index contributed by atoms with van der Waals surface area (Å²) < 4.78 is 1.18. The van der Waals surface area contributed by atoms with E-state index >= 15 is 0 Å². The highest BCUT2D eigenvalue weighted by Gasteiger charge is 2.09. The lowest BCUT2D eigenvalue weighted by molar-refractivity contribution is 0.573. The summed E-state index contributed by atoms with van der Waals surface area (Å²) in [5, 5.41) is 0.210. The van der Waals surface area contributed by atoms with E-state index < -0.39 is 0 Å². The minimum atomic E-state index is 0.210. The third-order valence-electron chi connectivity index (χ3n) is 2.96. The molecular weight excluding hydrogens is 316 g/mol. The number of hydrogen-bond donors (Lipinski definition) is 0. The van der Waals surface area contributed by atoms with E-state index in [-0.39, 0.29) is 5.38 Å². The van der Waals surface area contributed by atoms with Crippen LogP contribution in [0.5, 0.6) is 0 Å². The topological polar surface area (TPSA) is 0 Å². The van der Waals surface area contributed by atoms with Crippen LogP contribution in [0.3, 0.4) is 0 Å². The van der Waals surface area contributed by atoms with Gasteiger partial charge in [0.1, 0.15) is 0 Å². The van der Waals surface area contributed by atoms with E-state index in [0.29, 0.717) is 0 Å². The second kappa shape index (κ2) is 9.41. The standard InChI is InChI=1S/C14H22BrClS/c1-2-3-4-5-6-7-8-9-12(16)13-10-11-14(15)17-13/h10-12H,2-9H2,1H3. The Bertz CT molecular complexity index is 298. The van der Waals surface area contributed by atoms with Crippen molar-refractivity contribution in [2.45, 2.75) is 63.7 Å². The molecule has 1 rings (SSSR count). The molecule has 0 aliphatic rings. The molecule has 1 aromatic rings. The Morgan fingerprint density at radius 1 is 1.12 bits per heavy atom. The summed E-state index contributed by atoms with van der Waals surface area (Å²) in [6, 6.07) is 4.22. The third-order valence-corrected chi connectivity index (χ3v) is 5.28. The van der Waals surface area contributed by atoms with Gasteiger partial charge in [-0.3, -0.25) is 0 Å². The Balaban J connectivity index is 2.03. The predicted octanol–water partition coefficient (Wildman–Crippen LogP) is 6.93. The van der Waals surface area contributed by atoms with Gasteiger partial charge in [0.05, 0.1) is 9.16 Å². The van der Waals surface area contributed by atoms with Crippen molar-refractivity contribution in [2.75, 3.05) is 0 Å². The maximum Gasteiger partial charge on any atom is 0.0701 e. The van der Waals surface area contributed by atoms with Gasteiger partial charge >= 0.3 is 0 Å². The van der Waals surface area contributed by atoms with Crippen LogP contribution >= 0.6 is 38.9 Å². The average molecular weight is 338 g/mol. The summed E-state index contributed by atoms with van der Waals surface area (Å²) in [7, 11) is 0. The molecule has 1 atom stereocenters. The van der Waals surface area contributed by atoms with Gasteiger partial charge in [-0.1, -0.05) is 51.9 Å². The summed E-state index contributed by atoms with van der Waals surface area (Å²) in [6.45, 7) is 2.26. The van der Waals surface area contributed by atoms with Crippen LogP contribution < -0.4 is 0 Å². The van der Waals surface area contributed by atoms with Crippen LogP contribution in [0.15, 0.2) is 15.9 Å². The molecule has 0 aliphatic heterocycles. The first kappa shape index (κ1) is 15.5. The molecular formula is C14H22BrClS. The number of hydrogen-bond acceptors (Lipinski definition) is 1. The van der Waals surface area contributed by atoms with Gasteiger partial charge < -0.3 is 0 Å². The Labute approximate surface area is 123 Å². The molecule has 0 bridgehead atoms. The lowest BCUT2D eigenvalue weighted by Crippen LogP contribution is -1.87. The molecule has 0 saturated carbocycles. The van der Waals surface area contributed by atoms with Gasteiger partial charge in [0.25, 0.3) is 0 Å². The van der Waals surface area contributed by atoms with E-state index in [1.807, 2.05) is 0 Å². The summed E-state index contributed by atoms with van der Waals surface area (Å²) in [6.07, 6.45) is 10.6. The Morgan fingerprint density at radius 2 is 1.76 bits per heavy atom. The maximum absolute atomic E-state index is 6.37. The van der Waals surface area contributed by atoms with E-state index in [2.05, 4.69) is 35.0 Å². The van der Waals surface area contributed by atoms with Crippen LogP contribution in [0.1, 0.15) is 68.5 Å². The molecule has 0 spiro atoms. The van der Waals surface area contributed by atoms with E-state index in [0.717, 1.165) is 6.42 Å². The zero-order chi connectivity index (χ0) is 12.5. The summed E-state index contributed by atoms with van der Waals surface area (Å²) in [4.78, 5) is 1.30. The molecule has 0 aliphatic carbocycles. The summed E-state index contributed by atoms with van der Waals surface area (Å²) in [5.41, 5.74) is 0. The fourth-order valence-corrected chi connectivity index (χ4v) is 3.72. The SMILES string of the molecule is CCCCCCCCCC(Cl)c1ccc(Br)s1. The molecule has 1 unspecified atom stereocenters. The van der Waals surface area contributed by atoms with Crippen molar-refractivity contribution in [3.63, 3.8) is 0 Å². The average Bonchev–Trinajstić information content (AvgIpc) is 2.74. The highest BCUT2D eigenvalue weighted by molar-refractivity contribution is 9.11. The van der Waals surface area contributed by atoms with Crippen molar-refractivity contribution in [2.24, 2.45) is 0 Å². The zero-order valence-corrected chi connectivity index (χ0v) is 13.7. The van der Waals surface area contributed by atoms with Gasteiger partial charge in [-0.2, -0.15) is 0 Å². The molecule has 0 aromatic carbocycles. The molecule has 0 amide bonds. The second-order valence-corrected chi connectivity index (χ2v) is 7.54. The molecule has 0 N–H and O–H groups in total. The monoisotopic (exact) mass is 336 g/mol. The predicted molar refractivity (Wildman–Crippen MR) is 83.2 cm³/mol. The molecule has 1 heterocycles. The van der Waals surface area contributed by atoms with Gasteiger partial charge in [0.15, 0.2) is 0 Å². The highest BCUT2D eigenvalue weighted by atomic mass is 79.9. The van der Waals surface area contributed by atoms with Crippen molar-refractivity contribution in [3.05, 3.63) is 20.8 Å². The minimum absolute atomic E-state index is 0.210. The minimum Gasteiger partial charge on any atom is -0.132 e. The van der Waals surface area contributed by atoms with Gasteiger partial charge in [-0.25, -0.2) is 0 Å². The fourth-order valence-electron chi connectivity index (χ4n) is 1.92. The van der Waals surface area contributed by atoms with Crippen LogP contribution in [0.2, 0.25) is 0 Å². The molecule has 1 aromatic heterocycles. The van der Waals surface area contributed by atoms with Crippen LogP contribution in [-0.2, 0) is 0 Å². The van der Waals surface area contributed by atoms with Crippen molar-refractivity contribution < 1.29 is 0 Å². The largest absolute Gasteiger partial charge is 0.132 e. The van der Waals surface area contributed by atoms with Crippen LogP contribution in [0.25, 0.3) is 0 Å². The lowest BCUT2D eigenvalue weighted by Gasteiger charge is -2.06. The zero-order valence-electron chi connectivity index (χ0n) is 10.6. The first-order chi connectivity index (χ1) is 8.24. The number of unbranched alkanes of at least 4 members (excludes halogenated alkanes) is 6. The molecule has 17 heavy (non-hydrogen) atoms. The van der Waals surface area contributed by atoms with Crippen molar-refractivity contribution >= 4 is 38.9 Å². The quantitative estimate of drug-likeness (QED) is 0.338. The smallest absolute Gasteiger partial charge is 0.0701 e. The number of alkyl halides is 1. The Kier molecular flexibility index (Phi) is 8.59. The molecule has 0 fully saturated rings. The number of thiophene rings is 1. The van der Waals surface area contributed by atoms with E-state index in [9.17, 15) is 0 Å². The van der Waals surface area contributed by atoms with Crippen LogP contribution in [-0.4, -0.2) is 0 Å². The molecule has 0 saturated heterocycles. The second-order valence-electron chi connectivity index (χ2n) is 4.52. The number of halogens is 2. The van der Waals surface area contributed by atoms with Crippen molar-refractivity contribution in [3.8, 4) is 0 Å². The van der Waals surface area contributed by atoms with Gasteiger partial charge in [-0.15, -0.1) is 22.9 Å². The molecule has 98 valence electrons. The van der Waals surface area contributed by atoms with Crippen LogP contribution in [0, 0.1) is 0 Å². The van der Waals surface area contributed by atoms with E-state index in [1.54, 1.807) is 11.3 Å². The van der Waals surface area contributed by atoms with E-state index in [1.165, 1.54) is 53.6 Å². The van der Waals surface area contributed by atoms with Gasteiger partial charge in [0, 0.05) is 4.88 Å². The maximum atomic E-state index is 6.37. The first-order valence-electron chi connectivity index (χ1n) is 6.63. The normalized spacial score (nSPS) is 12.9. The lowest BCUT2D eigenvalue weighted by atomic mass is 10.1. The Hall–Kier alpha value is 0.470. The molecule has 0 nitrogen and oxygen atoms in total. The number of rotatable bonds is 9. The van der Waals surface area contributed by atoms with Crippen molar-refractivity contribution in [1.29, 1.82) is 0 Å². The third kappa shape index (κ3) is 6.83.